The second-order valence-corrected chi connectivity index (χ2v) is 6.09. The molecule has 114 valence electrons. The fraction of sp³-hybridized carbons (Fsp3) is 0.278. The largest absolute Gasteiger partial charge is 0.370 e. The van der Waals surface area contributed by atoms with E-state index in [0.717, 1.165) is 29.7 Å². The highest BCUT2D eigenvalue weighted by Crippen LogP contribution is 2.28. The zero-order valence-electron chi connectivity index (χ0n) is 12.5. The Balaban J connectivity index is 1.87. The average Bonchev–Trinajstić information content (AvgIpc) is 3.33. The van der Waals surface area contributed by atoms with Crippen LogP contribution < -0.4 is 10.6 Å². The number of benzene rings is 2. The first kappa shape index (κ1) is 14.9. The molecular formula is C18H19ClN2O. The van der Waals surface area contributed by atoms with Gasteiger partial charge in [-0.25, -0.2) is 0 Å². The Morgan fingerprint density at radius 2 is 1.86 bits per heavy atom. The lowest BCUT2D eigenvalue weighted by molar-refractivity contribution is -0.122. The van der Waals surface area contributed by atoms with Crippen molar-refractivity contribution < 1.29 is 4.79 Å². The fourth-order valence-corrected chi connectivity index (χ4v) is 2.55. The number of nitrogens with one attached hydrogen (secondary N) is 2. The van der Waals surface area contributed by atoms with Crippen LogP contribution in [0.4, 0.5) is 5.69 Å². The van der Waals surface area contributed by atoms with Gasteiger partial charge in [-0.3, -0.25) is 4.79 Å². The van der Waals surface area contributed by atoms with Gasteiger partial charge in [-0.05, 0) is 43.0 Å². The molecule has 0 unspecified atom stereocenters. The molecule has 1 saturated carbocycles. The van der Waals surface area contributed by atoms with Gasteiger partial charge < -0.3 is 10.6 Å². The molecular weight excluding hydrogens is 296 g/mol. The zero-order valence-corrected chi connectivity index (χ0v) is 13.2. The van der Waals surface area contributed by atoms with E-state index < -0.39 is 6.04 Å². The van der Waals surface area contributed by atoms with Gasteiger partial charge >= 0.3 is 0 Å². The van der Waals surface area contributed by atoms with E-state index >= 15 is 0 Å². The summed E-state index contributed by atoms with van der Waals surface area (Å²) in [6.45, 7) is 1.95. The van der Waals surface area contributed by atoms with Crippen LogP contribution in [-0.2, 0) is 4.79 Å². The van der Waals surface area contributed by atoms with E-state index in [2.05, 4.69) is 10.6 Å². The summed E-state index contributed by atoms with van der Waals surface area (Å²) in [6, 6.07) is 15.4. The molecule has 2 aromatic rings. The highest BCUT2D eigenvalue weighted by atomic mass is 35.5. The molecule has 22 heavy (non-hydrogen) atoms. The summed E-state index contributed by atoms with van der Waals surface area (Å²) in [5.74, 6) is 0.00748. The molecule has 0 bridgehead atoms. The molecule has 0 aliphatic heterocycles. The predicted octanol–water partition coefficient (Wildman–Crippen LogP) is 4.08. The minimum Gasteiger partial charge on any atom is -0.370 e. The van der Waals surface area contributed by atoms with Gasteiger partial charge in [0.2, 0.25) is 5.91 Å². The van der Waals surface area contributed by atoms with Gasteiger partial charge in [0.15, 0.2) is 0 Å². The Morgan fingerprint density at radius 1 is 1.14 bits per heavy atom. The fourth-order valence-electron chi connectivity index (χ4n) is 2.38. The maximum atomic E-state index is 12.6. The molecule has 1 amide bonds. The van der Waals surface area contributed by atoms with Gasteiger partial charge in [-0.2, -0.15) is 0 Å². The van der Waals surface area contributed by atoms with Gasteiger partial charge in [0.05, 0.1) is 0 Å². The molecule has 2 N–H and O–H groups in total. The summed E-state index contributed by atoms with van der Waals surface area (Å²) in [6.07, 6.45) is 2.15. The average molecular weight is 315 g/mol. The van der Waals surface area contributed by atoms with Crippen LogP contribution in [-0.4, -0.2) is 11.9 Å². The second kappa shape index (κ2) is 6.41. The molecule has 1 aliphatic rings. The molecule has 4 heteroatoms. The van der Waals surface area contributed by atoms with Crippen molar-refractivity contribution in [2.24, 2.45) is 0 Å². The van der Waals surface area contributed by atoms with E-state index in [9.17, 15) is 4.79 Å². The standard InChI is InChI=1S/C18H19ClN2O/c1-12-15(19)8-5-9-16(12)21-17(13-6-3-2-4-7-13)18(22)20-14-10-11-14/h2-9,14,17,21H,10-11H2,1H3,(H,20,22)/t17-/m1/s1. The third-order valence-corrected chi connectivity index (χ3v) is 4.30. The Hall–Kier alpha value is -2.00. The van der Waals surface area contributed by atoms with Crippen LogP contribution in [0.5, 0.6) is 0 Å². The lowest BCUT2D eigenvalue weighted by Crippen LogP contribution is -2.35. The molecule has 0 heterocycles. The number of amides is 1. The van der Waals surface area contributed by atoms with Crippen LogP contribution >= 0.6 is 11.6 Å². The van der Waals surface area contributed by atoms with Crippen LogP contribution in [0.1, 0.15) is 30.0 Å². The minimum atomic E-state index is -0.418. The Bertz CT molecular complexity index is 668. The number of rotatable bonds is 5. The van der Waals surface area contributed by atoms with Gasteiger partial charge in [0.1, 0.15) is 6.04 Å². The maximum Gasteiger partial charge on any atom is 0.247 e. The van der Waals surface area contributed by atoms with E-state index in [1.807, 2.05) is 55.5 Å². The lowest BCUT2D eigenvalue weighted by Gasteiger charge is -2.21. The van der Waals surface area contributed by atoms with Crippen molar-refractivity contribution in [3.8, 4) is 0 Å². The predicted molar refractivity (Wildman–Crippen MR) is 90.2 cm³/mol. The normalized spacial score (nSPS) is 15.2. The van der Waals surface area contributed by atoms with E-state index in [1.165, 1.54) is 0 Å². The zero-order chi connectivity index (χ0) is 15.5. The third kappa shape index (κ3) is 3.42. The molecule has 2 aromatic carbocycles. The van der Waals surface area contributed by atoms with Crippen LogP contribution in [0, 0.1) is 6.92 Å². The Morgan fingerprint density at radius 3 is 2.55 bits per heavy atom. The monoisotopic (exact) mass is 314 g/mol. The van der Waals surface area contributed by atoms with Gasteiger partial charge in [-0.1, -0.05) is 48.0 Å². The molecule has 3 nitrogen and oxygen atoms in total. The summed E-state index contributed by atoms with van der Waals surface area (Å²) >= 11 is 6.18. The second-order valence-electron chi connectivity index (χ2n) is 5.68. The first-order valence-electron chi connectivity index (χ1n) is 7.52. The van der Waals surface area contributed by atoms with Crippen molar-refractivity contribution in [3.05, 3.63) is 64.7 Å². The molecule has 0 radical (unpaired) electrons. The molecule has 0 spiro atoms. The number of hydrogen-bond donors (Lipinski definition) is 2. The van der Waals surface area contributed by atoms with Crippen LogP contribution in [0.3, 0.4) is 0 Å². The number of anilines is 1. The molecule has 0 saturated heterocycles. The highest BCUT2D eigenvalue weighted by Gasteiger charge is 2.28. The number of halogens is 1. The SMILES string of the molecule is Cc1c(Cl)cccc1N[C@@H](C(=O)NC1CC1)c1ccccc1. The minimum absolute atomic E-state index is 0.00748. The molecule has 3 rings (SSSR count). The first-order chi connectivity index (χ1) is 10.6. The Kier molecular flexibility index (Phi) is 4.34. The van der Waals surface area contributed by atoms with Crippen LogP contribution in [0.2, 0.25) is 5.02 Å². The van der Waals surface area contributed by atoms with Gasteiger partial charge in [0.25, 0.3) is 0 Å². The number of hydrogen-bond acceptors (Lipinski definition) is 2. The number of carbonyl (C=O) groups excluding carboxylic acids is 1. The maximum absolute atomic E-state index is 12.6. The van der Waals surface area contributed by atoms with E-state index in [4.69, 9.17) is 11.6 Å². The van der Waals surface area contributed by atoms with E-state index in [0.29, 0.717) is 11.1 Å². The summed E-state index contributed by atoms with van der Waals surface area (Å²) < 4.78 is 0. The van der Waals surface area contributed by atoms with Crippen molar-refractivity contribution in [2.45, 2.75) is 31.8 Å². The first-order valence-corrected chi connectivity index (χ1v) is 7.90. The quantitative estimate of drug-likeness (QED) is 0.873. The summed E-state index contributed by atoms with van der Waals surface area (Å²) in [4.78, 5) is 12.6. The summed E-state index contributed by atoms with van der Waals surface area (Å²) in [5, 5.41) is 7.11. The van der Waals surface area contributed by atoms with Crippen molar-refractivity contribution in [1.29, 1.82) is 0 Å². The highest BCUT2D eigenvalue weighted by molar-refractivity contribution is 6.31. The van der Waals surface area contributed by atoms with Crippen molar-refractivity contribution in [3.63, 3.8) is 0 Å². The van der Waals surface area contributed by atoms with Crippen molar-refractivity contribution >= 4 is 23.2 Å². The van der Waals surface area contributed by atoms with Crippen LogP contribution in [0.15, 0.2) is 48.5 Å². The molecule has 1 atom stereocenters. The topological polar surface area (TPSA) is 41.1 Å². The van der Waals surface area contributed by atoms with Crippen LogP contribution in [0.25, 0.3) is 0 Å². The van der Waals surface area contributed by atoms with Crippen molar-refractivity contribution in [1.82, 2.24) is 5.32 Å². The Labute approximate surface area is 135 Å². The lowest BCUT2D eigenvalue weighted by atomic mass is 10.0. The van der Waals surface area contributed by atoms with Gasteiger partial charge in [0, 0.05) is 16.8 Å². The van der Waals surface area contributed by atoms with Crippen molar-refractivity contribution in [2.75, 3.05) is 5.32 Å². The summed E-state index contributed by atoms with van der Waals surface area (Å²) in [7, 11) is 0. The third-order valence-electron chi connectivity index (χ3n) is 3.89. The van der Waals surface area contributed by atoms with E-state index in [1.54, 1.807) is 0 Å². The van der Waals surface area contributed by atoms with E-state index in [-0.39, 0.29) is 5.91 Å². The molecule has 1 aliphatic carbocycles. The summed E-state index contributed by atoms with van der Waals surface area (Å²) in [5.41, 5.74) is 2.77. The molecule has 0 aromatic heterocycles. The number of carbonyl (C=O) groups is 1. The van der Waals surface area contributed by atoms with Gasteiger partial charge in [-0.15, -0.1) is 0 Å². The smallest absolute Gasteiger partial charge is 0.247 e. The molecule has 1 fully saturated rings.